The molecule has 1 saturated heterocycles. The summed E-state index contributed by atoms with van der Waals surface area (Å²) in [4.78, 5) is 13.9. The molecule has 1 heterocycles. The van der Waals surface area contributed by atoms with Crippen molar-refractivity contribution in [2.45, 2.75) is 19.4 Å². The molecule has 0 radical (unpaired) electrons. The smallest absolute Gasteiger partial charge is 0.227 e. The zero-order chi connectivity index (χ0) is 11.5. The first-order valence-electron chi connectivity index (χ1n) is 5.79. The van der Waals surface area contributed by atoms with Crippen LogP contribution in [0.4, 0.5) is 0 Å². The van der Waals surface area contributed by atoms with Crippen molar-refractivity contribution < 1.29 is 4.79 Å². The van der Waals surface area contributed by atoms with E-state index in [0.717, 1.165) is 13.0 Å². The van der Waals surface area contributed by atoms with Gasteiger partial charge in [-0.2, -0.15) is 0 Å². The summed E-state index contributed by atoms with van der Waals surface area (Å²) in [5.41, 5.74) is 6.77. The van der Waals surface area contributed by atoms with E-state index in [1.165, 1.54) is 5.56 Å². The molecule has 0 aliphatic carbocycles. The van der Waals surface area contributed by atoms with Gasteiger partial charge in [0.2, 0.25) is 5.91 Å². The number of nitrogens with two attached hydrogens (primary N) is 1. The van der Waals surface area contributed by atoms with Gasteiger partial charge in [-0.15, -0.1) is 0 Å². The first-order chi connectivity index (χ1) is 7.74. The Kier molecular flexibility index (Phi) is 3.25. The maximum absolute atomic E-state index is 12.0. The normalized spacial score (nSPS) is 22.5. The van der Waals surface area contributed by atoms with Crippen LogP contribution in [-0.2, 0) is 4.79 Å². The highest BCUT2D eigenvalue weighted by molar-refractivity contribution is 5.81. The van der Waals surface area contributed by atoms with Gasteiger partial charge in [-0.3, -0.25) is 4.79 Å². The summed E-state index contributed by atoms with van der Waals surface area (Å²) in [6, 6.07) is 10.3. The van der Waals surface area contributed by atoms with Gasteiger partial charge in [0.15, 0.2) is 0 Å². The fourth-order valence-electron chi connectivity index (χ4n) is 2.28. The third-order valence-electron chi connectivity index (χ3n) is 3.38. The third kappa shape index (κ3) is 1.95. The van der Waals surface area contributed by atoms with E-state index in [9.17, 15) is 4.79 Å². The number of benzene rings is 1. The second-order valence-electron chi connectivity index (χ2n) is 4.34. The van der Waals surface area contributed by atoms with Gasteiger partial charge in [0.1, 0.15) is 0 Å². The molecule has 0 saturated carbocycles. The number of nitrogens with zero attached hydrogens (tertiary/aromatic N) is 1. The van der Waals surface area contributed by atoms with E-state index in [1.54, 1.807) is 0 Å². The molecule has 1 aromatic rings. The third-order valence-corrected chi connectivity index (χ3v) is 3.38. The van der Waals surface area contributed by atoms with Crippen LogP contribution in [0.1, 0.15) is 24.9 Å². The molecular formula is C13H18N2O. The van der Waals surface area contributed by atoms with Crippen LogP contribution >= 0.6 is 0 Å². The van der Waals surface area contributed by atoms with Crippen molar-refractivity contribution in [2.24, 2.45) is 11.7 Å². The Hall–Kier alpha value is -1.35. The number of carbonyl (C=O) groups is 1. The Morgan fingerprint density at radius 1 is 1.44 bits per heavy atom. The summed E-state index contributed by atoms with van der Waals surface area (Å²) < 4.78 is 0. The van der Waals surface area contributed by atoms with Crippen molar-refractivity contribution >= 4 is 5.91 Å². The van der Waals surface area contributed by atoms with Crippen molar-refractivity contribution in [2.75, 3.05) is 13.1 Å². The Morgan fingerprint density at radius 2 is 2.12 bits per heavy atom. The van der Waals surface area contributed by atoms with Gasteiger partial charge in [-0.25, -0.2) is 0 Å². The number of hydrogen-bond acceptors (Lipinski definition) is 2. The average Bonchev–Trinajstić information content (AvgIpc) is 2.70. The summed E-state index contributed by atoms with van der Waals surface area (Å²) >= 11 is 0. The second kappa shape index (κ2) is 4.66. The van der Waals surface area contributed by atoms with E-state index in [1.807, 2.05) is 23.1 Å². The van der Waals surface area contributed by atoms with Crippen molar-refractivity contribution in [3.8, 4) is 0 Å². The summed E-state index contributed by atoms with van der Waals surface area (Å²) in [5, 5.41) is 0. The zero-order valence-corrected chi connectivity index (χ0v) is 9.60. The fraction of sp³-hybridized carbons (Fsp3) is 0.462. The monoisotopic (exact) mass is 218 g/mol. The van der Waals surface area contributed by atoms with Gasteiger partial charge in [-0.05, 0) is 18.9 Å². The van der Waals surface area contributed by atoms with Crippen LogP contribution in [0.25, 0.3) is 0 Å². The highest BCUT2D eigenvalue weighted by Gasteiger charge is 2.33. The number of likely N-dealkylation sites (tertiary alicyclic amines) is 1. The van der Waals surface area contributed by atoms with Crippen LogP contribution in [0.3, 0.4) is 0 Å². The number of amides is 1. The van der Waals surface area contributed by atoms with Crippen LogP contribution in [0.15, 0.2) is 30.3 Å². The first kappa shape index (κ1) is 11.1. The zero-order valence-electron chi connectivity index (χ0n) is 9.60. The van der Waals surface area contributed by atoms with Gasteiger partial charge in [0.25, 0.3) is 0 Å². The predicted octanol–water partition coefficient (Wildman–Crippen LogP) is 1.55. The van der Waals surface area contributed by atoms with E-state index in [0.29, 0.717) is 6.54 Å². The highest BCUT2D eigenvalue weighted by atomic mass is 16.2. The molecule has 2 N–H and O–H groups in total. The SMILES string of the molecule is C[C@H](c1ccccc1)N1CC[C@@H](CN)C1=O. The van der Waals surface area contributed by atoms with E-state index < -0.39 is 0 Å². The molecule has 1 aliphatic rings. The predicted molar refractivity (Wildman–Crippen MR) is 63.7 cm³/mol. The number of rotatable bonds is 3. The molecule has 1 amide bonds. The number of hydrogen-bond donors (Lipinski definition) is 1. The van der Waals surface area contributed by atoms with Crippen LogP contribution in [0.5, 0.6) is 0 Å². The van der Waals surface area contributed by atoms with Crippen LogP contribution in [0, 0.1) is 5.92 Å². The second-order valence-corrected chi connectivity index (χ2v) is 4.34. The Balaban J connectivity index is 2.12. The van der Waals surface area contributed by atoms with Gasteiger partial charge in [-0.1, -0.05) is 30.3 Å². The van der Waals surface area contributed by atoms with Crippen LogP contribution < -0.4 is 5.73 Å². The number of carbonyl (C=O) groups excluding carboxylic acids is 1. The summed E-state index contributed by atoms with van der Waals surface area (Å²) in [6.45, 7) is 3.37. The molecule has 2 rings (SSSR count). The molecule has 0 unspecified atom stereocenters. The minimum Gasteiger partial charge on any atom is -0.336 e. The summed E-state index contributed by atoms with van der Waals surface area (Å²) in [6.07, 6.45) is 0.895. The van der Waals surface area contributed by atoms with E-state index in [4.69, 9.17) is 5.73 Å². The molecule has 1 aliphatic heterocycles. The molecular weight excluding hydrogens is 200 g/mol. The van der Waals surface area contributed by atoms with Crippen molar-refractivity contribution in [1.29, 1.82) is 0 Å². The molecule has 3 heteroatoms. The van der Waals surface area contributed by atoms with E-state index in [-0.39, 0.29) is 17.9 Å². The van der Waals surface area contributed by atoms with Crippen molar-refractivity contribution in [1.82, 2.24) is 4.90 Å². The average molecular weight is 218 g/mol. The quantitative estimate of drug-likeness (QED) is 0.836. The molecule has 1 fully saturated rings. The van der Waals surface area contributed by atoms with Gasteiger partial charge in [0.05, 0.1) is 12.0 Å². The molecule has 2 atom stereocenters. The molecule has 86 valence electrons. The topological polar surface area (TPSA) is 46.3 Å². The van der Waals surface area contributed by atoms with E-state index in [2.05, 4.69) is 19.1 Å². The maximum Gasteiger partial charge on any atom is 0.227 e. The molecule has 3 nitrogen and oxygen atoms in total. The lowest BCUT2D eigenvalue weighted by Gasteiger charge is -2.25. The molecule has 0 spiro atoms. The minimum absolute atomic E-state index is 0.0335. The van der Waals surface area contributed by atoms with Crippen LogP contribution in [0.2, 0.25) is 0 Å². The van der Waals surface area contributed by atoms with Crippen LogP contribution in [-0.4, -0.2) is 23.9 Å². The Labute approximate surface area is 96.2 Å². The summed E-state index contributed by atoms with van der Waals surface area (Å²) in [5.74, 6) is 0.241. The van der Waals surface area contributed by atoms with Gasteiger partial charge < -0.3 is 10.6 Å². The lowest BCUT2D eigenvalue weighted by Crippen LogP contribution is -2.32. The molecule has 0 bridgehead atoms. The standard InChI is InChI=1S/C13H18N2O/c1-10(11-5-3-2-4-6-11)15-8-7-12(9-14)13(15)16/h2-6,10,12H,7-9,14H2,1H3/t10-,12+/m1/s1. The Morgan fingerprint density at radius 3 is 2.69 bits per heavy atom. The summed E-state index contributed by atoms with van der Waals surface area (Å²) in [7, 11) is 0. The lowest BCUT2D eigenvalue weighted by atomic mass is 10.1. The molecule has 0 aromatic heterocycles. The van der Waals surface area contributed by atoms with Crippen molar-refractivity contribution in [3.05, 3.63) is 35.9 Å². The van der Waals surface area contributed by atoms with E-state index >= 15 is 0 Å². The minimum atomic E-state index is 0.0335. The lowest BCUT2D eigenvalue weighted by molar-refractivity contribution is -0.132. The van der Waals surface area contributed by atoms with Gasteiger partial charge in [0, 0.05) is 13.1 Å². The highest BCUT2D eigenvalue weighted by Crippen LogP contribution is 2.27. The largest absolute Gasteiger partial charge is 0.336 e. The molecule has 1 aromatic carbocycles. The first-order valence-corrected chi connectivity index (χ1v) is 5.79. The van der Waals surface area contributed by atoms with Crippen molar-refractivity contribution in [3.63, 3.8) is 0 Å². The Bertz CT molecular complexity index is 363. The molecule has 16 heavy (non-hydrogen) atoms. The maximum atomic E-state index is 12.0. The van der Waals surface area contributed by atoms with Gasteiger partial charge >= 0.3 is 0 Å². The fourth-order valence-corrected chi connectivity index (χ4v) is 2.28.